The van der Waals surface area contributed by atoms with E-state index in [2.05, 4.69) is 6.58 Å². The van der Waals surface area contributed by atoms with Gasteiger partial charge in [-0.15, -0.1) is 6.58 Å². The van der Waals surface area contributed by atoms with Crippen LogP contribution >= 0.6 is 0 Å². The molecule has 1 amide bonds. The molecule has 2 heteroatoms. The number of allylic oxidation sites excluding steroid dienone is 1. The Morgan fingerprint density at radius 2 is 2.14 bits per heavy atom. The van der Waals surface area contributed by atoms with Gasteiger partial charge in [0.15, 0.2) is 0 Å². The summed E-state index contributed by atoms with van der Waals surface area (Å²) in [4.78, 5) is 13.0. The van der Waals surface area contributed by atoms with E-state index in [0.717, 1.165) is 25.4 Å². The summed E-state index contributed by atoms with van der Waals surface area (Å²) in [5.41, 5.74) is 0. The average molecular weight is 195 g/mol. The number of carbonyl (C=O) groups excluding carboxylic acids is 1. The van der Waals surface area contributed by atoms with Crippen molar-refractivity contribution in [1.29, 1.82) is 0 Å². The average Bonchev–Trinajstić information content (AvgIpc) is 2.19. The summed E-state index contributed by atoms with van der Waals surface area (Å²) in [5, 5.41) is 0. The molecule has 2 nitrogen and oxygen atoms in total. The number of carbonyl (C=O) groups is 1. The number of unbranched alkanes of at least 4 members (excludes halogenated alkanes) is 1. The van der Waals surface area contributed by atoms with Crippen molar-refractivity contribution < 1.29 is 4.79 Å². The standard InChI is InChI=1S/C12H21NO/c1-3-4-5-6-12-7-9-13(10-8-12)11(2)14/h3,12H,1,4-10H2,2H3. The van der Waals surface area contributed by atoms with Crippen molar-refractivity contribution in [2.45, 2.75) is 39.0 Å². The second kappa shape index (κ2) is 5.84. The van der Waals surface area contributed by atoms with Crippen LogP contribution in [-0.2, 0) is 4.79 Å². The highest BCUT2D eigenvalue weighted by atomic mass is 16.2. The second-order valence-corrected chi connectivity index (χ2v) is 4.17. The van der Waals surface area contributed by atoms with Gasteiger partial charge in [0.05, 0.1) is 0 Å². The molecule has 1 aliphatic rings. The highest BCUT2D eigenvalue weighted by Gasteiger charge is 2.19. The molecular formula is C12H21NO. The number of hydrogen-bond acceptors (Lipinski definition) is 1. The van der Waals surface area contributed by atoms with Crippen molar-refractivity contribution in [2.75, 3.05) is 13.1 Å². The number of amides is 1. The van der Waals surface area contributed by atoms with E-state index in [4.69, 9.17) is 0 Å². The molecule has 0 aromatic carbocycles. The quantitative estimate of drug-likeness (QED) is 0.499. The van der Waals surface area contributed by atoms with Gasteiger partial charge in [-0.3, -0.25) is 4.79 Å². The van der Waals surface area contributed by atoms with Gasteiger partial charge in [-0.2, -0.15) is 0 Å². The Labute approximate surface area is 87.0 Å². The number of nitrogens with zero attached hydrogens (tertiary/aromatic N) is 1. The molecule has 0 bridgehead atoms. The van der Waals surface area contributed by atoms with E-state index >= 15 is 0 Å². The molecule has 0 atom stereocenters. The molecule has 0 aliphatic carbocycles. The first kappa shape index (κ1) is 11.3. The van der Waals surface area contributed by atoms with Crippen LogP contribution in [0.3, 0.4) is 0 Å². The maximum atomic E-state index is 11.1. The van der Waals surface area contributed by atoms with E-state index in [9.17, 15) is 4.79 Å². The number of rotatable bonds is 4. The highest BCUT2D eigenvalue weighted by molar-refractivity contribution is 5.73. The molecule has 0 radical (unpaired) electrons. The second-order valence-electron chi connectivity index (χ2n) is 4.17. The van der Waals surface area contributed by atoms with Gasteiger partial charge in [0.1, 0.15) is 0 Å². The summed E-state index contributed by atoms with van der Waals surface area (Å²) >= 11 is 0. The van der Waals surface area contributed by atoms with Crippen molar-refractivity contribution >= 4 is 5.91 Å². The molecular weight excluding hydrogens is 174 g/mol. The van der Waals surface area contributed by atoms with Crippen LogP contribution in [0, 0.1) is 5.92 Å². The minimum Gasteiger partial charge on any atom is -0.343 e. The first-order chi connectivity index (χ1) is 6.74. The molecule has 1 heterocycles. The lowest BCUT2D eigenvalue weighted by Crippen LogP contribution is -2.36. The van der Waals surface area contributed by atoms with E-state index in [0.29, 0.717) is 0 Å². The Morgan fingerprint density at radius 1 is 1.50 bits per heavy atom. The fourth-order valence-corrected chi connectivity index (χ4v) is 2.09. The van der Waals surface area contributed by atoms with Crippen molar-refractivity contribution in [1.82, 2.24) is 4.90 Å². The third kappa shape index (κ3) is 3.52. The van der Waals surface area contributed by atoms with Gasteiger partial charge in [0.25, 0.3) is 0 Å². The molecule has 80 valence electrons. The molecule has 1 fully saturated rings. The van der Waals surface area contributed by atoms with Gasteiger partial charge < -0.3 is 4.90 Å². The summed E-state index contributed by atoms with van der Waals surface area (Å²) in [5.74, 6) is 1.07. The first-order valence-corrected chi connectivity index (χ1v) is 5.60. The predicted molar refractivity (Wildman–Crippen MR) is 59.0 cm³/mol. The zero-order valence-electron chi connectivity index (χ0n) is 9.17. The van der Waals surface area contributed by atoms with Crippen LogP contribution in [0.4, 0.5) is 0 Å². The van der Waals surface area contributed by atoms with Crippen LogP contribution in [0.5, 0.6) is 0 Å². The van der Waals surface area contributed by atoms with E-state index in [-0.39, 0.29) is 5.91 Å². The summed E-state index contributed by atoms with van der Waals surface area (Å²) in [6.45, 7) is 7.32. The van der Waals surface area contributed by atoms with Crippen LogP contribution in [-0.4, -0.2) is 23.9 Å². The van der Waals surface area contributed by atoms with E-state index in [1.165, 1.54) is 25.7 Å². The molecule has 0 spiro atoms. The Kier molecular flexibility index (Phi) is 4.71. The summed E-state index contributed by atoms with van der Waals surface area (Å²) < 4.78 is 0. The van der Waals surface area contributed by atoms with E-state index in [1.807, 2.05) is 11.0 Å². The van der Waals surface area contributed by atoms with Gasteiger partial charge in [-0.05, 0) is 31.6 Å². The van der Waals surface area contributed by atoms with Crippen LogP contribution < -0.4 is 0 Å². The number of hydrogen-bond donors (Lipinski definition) is 0. The molecule has 0 saturated carbocycles. The molecule has 14 heavy (non-hydrogen) atoms. The predicted octanol–water partition coefficient (Wildman–Crippen LogP) is 2.60. The van der Waals surface area contributed by atoms with Gasteiger partial charge in [0.2, 0.25) is 5.91 Å². The maximum Gasteiger partial charge on any atom is 0.219 e. The lowest BCUT2D eigenvalue weighted by Gasteiger charge is -2.31. The van der Waals surface area contributed by atoms with Crippen molar-refractivity contribution in [3.8, 4) is 0 Å². The highest BCUT2D eigenvalue weighted by Crippen LogP contribution is 2.22. The van der Waals surface area contributed by atoms with Crippen molar-refractivity contribution in [3.05, 3.63) is 12.7 Å². The van der Waals surface area contributed by atoms with Gasteiger partial charge in [0, 0.05) is 20.0 Å². The number of piperidine rings is 1. The van der Waals surface area contributed by atoms with Crippen LogP contribution in [0.2, 0.25) is 0 Å². The molecule has 0 N–H and O–H groups in total. The third-order valence-corrected chi connectivity index (χ3v) is 3.08. The van der Waals surface area contributed by atoms with Gasteiger partial charge >= 0.3 is 0 Å². The third-order valence-electron chi connectivity index (χ3n) is 3.08. The summed E-state index contributed by atoms with van der Waals surface area (Å²) in [7, 11) is 0. The molecule has 1 saturated heterocycles. The van der Waals surface area contributed by atoms with Crippen LogP contribution in [0.25, 0.3) is 0 Å². The Morgan fingerprint density at radius 3 is 2.64 bits per heavy atom. The Balaban J connectivity index is 2.15. The van der Waals surface area contributed by atoms with Crippen molar-refractivity contribution in [3.63, 3.8) is 0 Å². The van der Waals surface area contributed by atoms with Gasteiger partial charge in [-0.25, -0.2) is 0 Å². The lowest BCUT2D eigenvalue weighted by atomic mass is 9.91. The molecule has 0 unspecified atom stereocenters. The minimum absolute atomic E-state index is 0.231. The minimum atomic E-state index is 0.231. The molecule has 0 aromatic rings. The lowest BCUT2D eigenvalue weighted by molar-refractivity contribution is -0.130. The number of likely N-dealkylation sites (tertiary alicyclic amines) is 1. The summed E-state index contributed by atoms with van der Waals surface area (Å²) in [6.07, 6.45) is 8.07. The zero-order chi connectivity index (χ0) is 10.4. The zero-order valence-corrected chi connectivity index (χ0v) is 9.17. The fraction of sp³-hybridized carbons (Fsp3) is 0.750. The Bertz CT molecular complexity index is 192. The van der Waals surface area contributed by atoms with Gasteiger partial charge in [-0.1, -0.05) is 12.5 Å². The monoisotopic (exact) mass is 195 g/mol. The summed E-state index contributed by atoms with van der Waals surface area (Å²) in [6, 6.07) is 0. The Hall–Kier alpha value is -0.790. The normalized spacial score (nSPS) is 18.2. The van der Waals surface area contributed by atoms with E-state index in [1.54, 1.807) is 6.92 Å². The smallest absolute Gasteiger partial charge is 0.219 e. The maximum absolute atomic E-state index is 11.1. The molecule has 1 rings (SSSR count). The first-order valence-electron chi connectivity index (χ1n) is 5.60. The largest absolute Gasteiger partial charge is 0.343 e. The van der Waals surface area contributed by atoms with Crippen LogP contribution in [0.1, 0.15) is 39.0 Å². The topological polar surface area (TPSA) is 20.3 Å². The van der Waals surface area contributed by atoms with Crippen molar-refractivity contribution in [2.24, 2.45) is 5.92 Å². The molecule has 1 aliphatic heterocycles. The van der Waals surface area contributed by atoms with E-state index < -0.39 is 0 Å². The fourth-order valence-electron chi connectivity index (χ4n) is 2.09. The SMILES string of the molecule is C=CCCCC1CCN(C(C)=O)CC1. The molecule has 0 aromatic heterocycles. The van der Waals surface area contributed by atoms with Crippen LogP contribution in [0.15, 0.2) is 12.7 Å².